The minimum Gasteiger partial charge on any atom is -0.296 e. The van der Waals surface area contributed by atoms with Crippen molar-refractivity contribution in [1.82, 2.24) is 20.0 Å². The first-order valence-corrected chi connectivity index (χ1v) is 8.39. The lowest BCUT2D eigenvalue weighted by Crippen LogP contribution is -2.13. The lowest BCUT2D eigenvalue weighted by molar-refractivity contribution is 0.102. The molecular formula is C16H14FN5OS. The van der Waals surface area contributed by atoms with Crippen molar-refractivity contribution in [2.24, 2.45) is 0 Å². The maximum atomic E-state index is 13.9. The van der Waals surface area contributed by atoms with Gasteiger partial charge in [0.15, 0.2) is 0 Å². The van der Waals surface area contributed by atoms with E-state index >= 15 is 0 Å². The topological polar surface area (TPSA) is 72.7 Å². The first kappa shape index (κ1) is 14.9. The predicted molar refractivity (Wildman–Crippen MR) is 88.1 cm³/mol. The second-order valence-corrected chi connectivity index (χ2v) is 6.69. The molecule has 1 saturated carbocycles. The van der Waals surface area contributed by atoms with Gasteiger partial charge in [-0.25, -0.2) is 9.07 Å². The molecule has 24 heavy (non-hydrogen) atoms. The van der Waals surface area contributed by atoms with Crippen molar-refractivity contribution in [2.45, 2.75) is 25.7 Å². The summed E-state index contributed by atoms with van der Waals surface area (Å²) in [6, 6.07) is 6.30. The molecule has 1 fully saturated rings. The van der Waals surface area contributed by atoms with E-state index in [0.717, 1.165) is 17.8 Å². The third-order valence-electron chi connectivity index (χ3n) is 3.92. The van der Waals surface area contributed by atoms with Crippen molar-refractivity contribution in [2.75, 3.05) is 5.32 Å². The highest BCUT2D eigenvalue weighted by molar-refractivity contribution is 7.15. The molecule has 2 heterocycles. The number of carbonyl (C=O) groups excluding carboxylic acids is 1. The Morgan fingerprint density at radius 1 is 1.33 bits per heavy atom. The Kier molecular flexibility index (Phi) is 3.61. The number of nitrogens with one attached hydrogen (secondary N) is 1. The van der Waals surface area contributed by atoms with Gasteiger partial charge in [-0.2, -0.15) is 5.10 Å². The maximum Gasteiger partial charge on any atom is 0.260 e. The fourth-order valence-electron chi connectivity index (χ4n) is 2.44. The van der Waals surface area contributed by atoms with E-state index in [-0.39, 0.29) is 5.91 Å². The van der Waals surface area contributed by atoms with Crippen LogP contribution in [0.15, 0.2) is 30.5 Å². The number of rotatable bonds is 4. The van der Waals surface area contributed by atoms with Crippen molar-refractivity contribution in [3.05, 3.63) is 52.5 Å². The van der Waals surface area contributed by atoms with Gasteiger partial charge in [0.05, 0.1) is 17.5 Å². The van der Waals surface area contributed by atoms with E-state index in [1.807, 2.05) is 0 Å². The van der Waals surface area contributed by atoms with Crippen molar-refractivity contribution in [3.8, 4) is 5.69 Å². The molecule has 122 valence electrons. The van der Waals surface area contributed by atoms with Gasteiger partial charge < -0.3 is 0 Å². The number of para-hydroxylation sites is 1. The second-order valence-electron chi connectivity index (χ2n) is 5.68. The number of benzene rings is 1. The quantitative estimate of drug-likeness (QED) is 0.789. The van der Waals surface area contributed by atoms with Gasteiger partial charge in [0, 0.05) is 5.92 Å². The van der Waals surface area contributed by atoms with Crippen LogP contribution in [0.2, 0.25) is 0 Å². The summed E-state index contributed by atoms with van der Waals surface area (Å²) in [5.41, 5.74) is 1.24. The van der Waals surface area contributed by atoms with Crippen molar-refractivity contribution >= 4 is 22.4 Å². The zero-order chi connectivity index (χ0) is 16.7. The van der Waals surface area contributed by atoms with E-state index in [9.17, 15) is 9.18 Å². The fourth-order valence-corrected chi connectivity index (χ4v) is 3.35. The smallest absolute Gasteiger partial charge is 0.260 e. The highest BCUT2D eigenvalue weighted by Gasteiger charge is 2.28. The third kappa shape index (κ3) is 2.69. The molecule has 1 aliphatic rings. The van der Waals surface area contributed by atoms with Gasteiger partial charge >= 0.3 is 0 Å². The molecule has 3 aromatic rings. The van der Waals surface area contributed by atoms with Crippen LogP contribution in [0.1, 0.15) is 39.8 Å². The van der Waals surface area contributed by atoms with E-state index in [2.05, 4.69) is 20.6 Å². The lowest BCUT2D eigenvalue weighted by Gasteiger charge is -2.06. The molecule has 6 nitrogen and oxygen atoms in total. The zero-order valence-electron chi connectivity index (χ0n) is 12.9. The van der Waals surface area contributed by atoms with Crippen LogP contribution in [-0.4, -0.2) is 25.9 Å². The minimum absolute atomic E-state index is 0.306. The molecule has 1 N–H and O–H groups in total. The lowest BCUT2D eigenvalue weighted by atomic mass is 10.2. The van der Waals surface area contributed by atoms with Crippen LogP contribution in [0.3, 0.4) is 0 Å². The van der Waals surface area contributed by atoms with Gasteiger partial charge in [0.2, 0.25) is 5.13 Å². The van der Waals surface area contributed by atoms with Crippen LogP contribution in [0.25, 0.3) is 5.69 Å². The highest BCUT2D eigenvalue weighted by atomic mass is 32.1. The Labute approximate surface area is 141 Å². The van der Waals surface area contributed by atoms with Crippen LogP contribution >= 0.6 is 11.3 Å². The summed E-state index contributed by atoms with van der Waals surface area (Å²) < 4.78 is 15.3. The maximum absolute atomic E-state index is 13.9. The molecule has 0 unspecified atom stereocenters. The first-order chi connectivity index (χ1) is 11.6. The minimum atomic E-state index is -0.395. The molecule has 0 saturated heterocycles. The summed E-state index contributed by atoms with van der Waals surface area (Å²) in [6.07, 6.45) is 3.70. The van der Waals surface area contributed by atoms with Gasteiger partial charge in [0.25, 0.3) is 5.91 Å². The van der Waals surface area contributed by atoms with Crippen LogP contribution < -0.4 is 5.32 Å². The predicted octanol–water partition coefficient (Wildman–Crippen LogP) is 3.30. The monoisotopic (exact) mass is 343 g/mol. The molecular weight excluding hydrogens is 329 g/mol. The molecule has 1 aliphatic carbocycles. The summed E-state index contributed by atoms with van der Waals surface area (Å²) in [5.74, 6) is -0.221. The summed E-state index contributed by atoms with van der Waals surface area (Å²) in [6.45, 7) is 1.73. The van der Waals surface area contributed by atoms with Crippen molar-refractivity contribution in [3.63, 3.8) is 0 Å². The Bertz CT molecular complexity index is 915. The van der Waals surface area contributed by atoms with E-state index in [1.54, 1.807) is 25.1 Å². The molecule has 0 bridgehead atoms. The van der Waals surface area contributed by atoms with Gasteiger partial charge in [-0.15, -0.1) is 10.2 Å². The Morgan fingerprint density at radius 2 is 2.12 bits per heavy atom. The van der Waals surface area contributed by atoms with Crippen LogP contribution in [0, 0.1) is 12.7 Å². The molecule has 1 amide bonds. The second kappa shape index (κ2) is 5.79. The van der Waals surface area contributed by atoms with Crippen LogP contribution in [-0.2, 0) is 0 Å². The van der Waals surface area contributed by atoms with Crippen molar-refractivity contribution < 1.29 is 9.18 Å². The molecule has 0 spiro atoms. The number of nitrogens with zero attached hydrogens (tertiary/aromatic N) is 4. The Morgan fingerprint density at radius 3 is 2.88 bits per heavy atom. The van der Waals surface area contributed by atoms with E-state index in [4.69, 9.17) is 0 Å². The van der Waals surface area contributed by atoms with Gasteiger partial charge in [0.1, 0.15) is 16.5 Å². The molecule has 0 radical (unpaired) electrons. The number of hydrogen-bond donors (Lipinski definition) is 1. The normalized spacial score (nSPS) is 13.9. The number of hydrogen-bond acceptors (Lipinski definition) is 5. The molecule has 0 aliphatic heterocycles. The Hall–Kier alpha value is -2.61. The van der Waals surface area contributed by atoms with Gasteiger partial charge in [-0.3, -0.25) is 10.1 Å². The average molecular weight is 343 g/mol. The van der Waals surface area contributed by atoms with E-state index < -0.39 is 5.82 Å². The van der Waals surface area contributed by atoms with E-state index in [0.29, 0.717) is 28.0 Å². The SMILES string of the molecule is Cc1c(C(=O)Nc2nnc(C3CC3)s2)cnn1-c1ccccc1F. The third-order valence-corrected chi connectivity index (χ3v) is 4.92. The molecule has 0 atom stereocenters. The number of halogens is 1. The number of amides is 1. The number of carbonyl (C=O) groups is 1. The summed E-state index contributed by atoms with van der Waals surface area (Å²) >= 11 is 1.40. The van der Waals surface area contributed by atoms with Crippen LogP contribution in [0.5, 0.6) is 0 Å². The first-order valence-electron chi connectivity index (χ1n) is 7.58. The summed E-state index contributed by atoms with van der Waals surface area (Å²) in [7, 11) is 0. The molecule has 2 aromatic heterocycles. The zero-order valence-corrected chi connectivity index (χ0v) is 13.7. The van der Waals surface area contributed by atoms with Crippen LogP contribution in [0.4, 0.5) is 9.52 Å². The highest BCUT2D eigenvalue weighted by Crippen LogP contribution is 2.42. The number of aromatic nitrogens is 4. The number of anilines is 1. The molecule has 1 aromatic carbocycles. The average Bonchev–Trinajstić information content (AvgIpc) is 3.20. The Balaban J connectivity index is 1.57. The van der Waals surface area contributed by atoms with E-state index in [1.165, 1.54) is 28.3 Å². The van der Waals surface area contributed by atoms with Gasteiger partial charge in [-0.05, 0) is 31.9 Å². The van der Waals surface area contributed by atoms with Crippen molar-refractivity contribution in [1.29, 1.82) is 0 Å². The molecule has 8 heteroatoms. The summed E-state index contributed by atoms with van der Waals surface area (Å²) in [5, 5.41) is 16.4. The summed E-state index contributed by atoms with van der Waals surface area (Å²) in [4.78, 5) is 12.4. The fraction of sp³-hybridized carbons (Fsp3) is 0.250. The molecule has 4 rings (SSSR count). The standard InChI is InChI=1S/C16H14FN5OS/c1-9-11(8-18-22(9)13-5-3-2-4-12(13)17)14(23)19-16-21-20-15(24-16)10-6-7-10/h2-5,8,10H,6-7H2,1H3,(H,19,21,23). The van der Waals surface area contributed by atoms with Gasteiger partial charge in [-0.1, -0.05) is 23.5 Å². The largest absolute Gasteiger partial charge is 0.296 e.